The van der Waals surface area contributed by atoms with Gasteiger partial charge < -0.3 is 19.5 Å². The van der Waals surface area contributed by atoms with E-state index in [1.807, 2.05) is 6.07 Å². The molecule has 1 heterocycles. The van der Waals surface area contributed by atoms with E-state index in [0.717, 1.165) is 5.56 Å². The van der Waals surface area contributed by atoms with Crippen molar-refractivity contribution in [3.8, 4) is 11.5 Å². The molecule has 0 saturated carbocycles. The third-order valence-corrected chi connectivity index (χ3v) is 3.87. The molecule has 1 amide bonds. The average molecular weight is 355 g/mol. The smallest absolute Gasteiger partial charge is 0.338 e. The maximum Gasteiger partial charge on any atom is 0.338 e. The number of benzene rings is 2. The fraction of sp³-hybridized carbons (Fsp3) is 0.211. The van der Waals surface area contributed by atoms with Crippen molar-refractivity contribution in [3.05, 3.63) is 53.1 Å². The lowest BCUT2D eigenvalue weighted by molar-refractivity contribution is -0.119. The minimum Gasteiger partial charge on any atom is -0.454 e. The number of Topliss-reactive ketones (excluding diaryl/α,β-unsaturated/α-hetero) is 1. The normalized spacial score (nSPS) is 11.8. The van der Waals surface area contributed by atoms with E-state index in [9.17, 15) is 14.4 Å². The molecule has 0 fully saturated rings. The van der Waals surface area contributed by atoms with Crippen LogP contribution in [0.5, 0.6) is 11.5 Å². The lowest BCUT2D eigenvalue weighted by Gasteiger charge is -2.11. The van der Waals surface area contributed by atoms with Gasteiger partial charge in [0.25, 0.3) is 5.91 Å². The first-order valence-corrected chi connectivity index (χ1v) is 7.93. The molecule has 134 valence electrons. The van der Waals surface area contributed by atoms with Gasteiger partial charge in [-0.05, 0) is 31.5 Å². The van der Waals surface area contributed by atoms with Gasteiger partial charge in [-0.25, -0.2) is 4.79 Å². The first-order chi connectivity index (χ1) is 12.5. The van der Waals surface area contributed by atoms with Gasteiger partial charge in [0.1, 0.15) is 0 Å². The second-order valence-corrected chi connectivity index (χ2v) is 5.75. The summed E-state index contributed by atoms with van der Waals surface area (Å²) in [6.45, 7) is 2.74. The van der Waals surface area contributed by atoms with Gasteiger partial charge in [-0.1, -0.05) is 18.2 Å². The van der Waals surface area contributed by atoms with Crippen molar-refractivity contribution in [1.29, 1.82) is 0 Å². The van der Waals surface area contributed by atoms with Crippen molar-refractivity contribution in [3.63, 3.8) is 0 Å². The molecule has 0 atom stereocenters. The molecule has 1 aliphatic rings. The summed E-state index contributed by atoms with van der Waals surface area (Å²) in [5.74, 6) is -0.513. The second kappa shape index (κ2) is 7.26. The number of fused-ring (bicyclic) bond motifs is 1. The topological polar surface area (TPSA) is 90.9 Å². The Hall–Kier alpha value is -3.35. The van der Waals surface area contributed by atoms with Crippen molar-refractivity contribution in [2.24, 2.45) is 0 Å². The summed E-state index contributed by atoms with van der Waals surface area (Å²) in [6, 6.07) is 9.96. The molecule has 0 bridgehead atoms. The van der Waals surface area contributed by atoms with Crippen LogP contribution in [0.4, 0.5) is 5.69 Å². The number of amides is 1. The number of carbonyl (C=O) groups is 3. The summed E-state index contributed by atoms with van der Waals surface area (Å²) >= 11 is 0. The number of nitrogens with one attached hydrogen (secondary N) is 1. The first kappa shape index (κ1) is 17.5. The second-order valence-electron chi connectivity index (χ2n) is 5.75. The van der Waals surface area contributed by atoms with Gasteiger partial charge in [0.2, 0.25) is 6.79 Å². The number of rotatable bonds is 5. The Morgan fingerprint density at radius 2 is 1.77 bits per heavy atom. The predicted molar refractivity (Wildman–Crippen MR) is 92.7 cm³/mol. The van der Waals surface area contributed by atoms with Crippen LogP contribution in [-0.2, 0) is 9.53 Å². The van der Waals surface area contributed by atoms with Gasteiger partial charge in [-0.15, -0.1) is 0 Å². The number of anilines is 1. The SMILES string of the molecule is CC(=O)c1cc2c(cc1NC(=O)COC(=O)c1ccccc1C)OCO2. The molecule has 0 aliphatic carbocycles. The molecule has 1 aliphatic heterocycles. The molecule has 26 heavy (non-hydrogen) atoms. The fourth-order valence-corrected chi connectivity index (χ4v) is 2.53. The van der Waals surface area contributed by atoms with Crippen molar-refractivity contribution >= 4 is 23.3 Å². The molecule has 0 unspecified atom stereocenters. The van der Waals surface area contributed by atoms with Crippen molar-refractivity contribution in [1.82, 2.24) is 0 Å². The largest absolute Gasteiger partial charge is 0.454 e. The Bertz CT molecular complexity index is 890. The number of esters is 1. The maximum absolute atomic E-state index is 12.1. The van der Waals surface area contributed by atoms with Crippen molar-refractivity contribution in [2.75, 3.05) is 18.7 Å². The Morgan fingerprint density at radius 3 is 2.46 bits per heavy atom. The van der Waals surface area contributed by atoms with E-state index in [2.05, 4.69) is 5.32 Å². The highest BCUT2D eigenvalue weighted by molar-refractivity contribution is 6.05. The Morgan fingerprint density at radius 1 is 1.08 bits per heavy atom. The van der Waals surface area contributed by atoms with Crippen LogP contribution in [0, 0.1) is 6.92 Å². The number of hydrogen-bond donors (Lipinski definition) is 1. The Labute approximate surface area is 149 Å². The van der Waals surface area contributed by atoms with E-state index in [1.165, 1.54) is 19.1 Å². The van der Waals surface area contributed by atoms with E-state index < -0.39 is 18.5 Å². The van der Waals surface area contributed by atoms with Crippen LogP contribution in [-0.4, -0.2) is 31.1 Å². The number of aryl methyl sites for hydroxylation is 1. The zero-order valence-electron chi connectivity index (χ0n) is 14.3. The molecule has 3 rings (SSSR count). The van der Waals surface area contributed by atoms with E-state index in [1.54, 1.807) is 25.1 Å². The molecule has 0 radical (unpaired) electrons. The van der Waals surface area contributed by atoms with E-state index in [4.69, 9.17) is 14.2 Å². The molecular weight excluding hydrogens is 338 g/mol. The summed E-state index contributed by atoms with van der Waals surface area (Å²) in [5.41, 5.74) is 1.71. The zero-order valence-corrected chi connectivity index (χ0v) is 14.3. The monoisotopic (exact) mass is 355 g/mol. The lowest BCUT2D eigenvalue weighted by Crippen LogP contribution is -2.22. The summed E-state index contributed by atoms with van der Waals surface area (Å²) in [7, 11) is 0. The van der Waals surface area contributed by atoms with Gasteiger partial charge in [-0.2, -0.15) is 0 Å². The fourth-order valence-electron chi connectivity index (χ4n) is 2.53. The van der Waals surface area contributed by atoms with E-state index in [0.29, 0.717) is 17.1 Å². The minimum absolute atomic E-state index is 0.0537. The van der Waals surface area contributed by atoms with Crippen LogP contribution in [0.25, 0.3) is 0 Å². The summed E-state index contributed by atoms with van der Waals surface area (Å²) in [5, 5.41) is 2.57. The third kappa shape index (κ3) is 3.66. The first-order valence-electron chi connectivity index (χ1n) is 7.93. The molecule has 7 heteroatoms. The summed E-state index contributed by atoms with van der Waals surface area (Å²) < 4.78 is 15.5. The van der Waals surface area contributed by atoms with Gasteiger partial charge in [0, 0.05) is 11.6 Å². The zero-order chi connectivity index (χ0) is 18.7. The third-order valence-electron chi connectivity index (χ3n) is 3.87. The minimum atomic E-state index is -0.587. The van der Waals surface area contributed by atoms with E-state index in [-0.39, 0.29) is 23.8 Å². The molecule has 7 nitrogen and oxygen atoms in total. The molecular formula is C19H17NO6. The van der Waals surface area contributed by atoms with Gasteiger partial charge >= 0.3 is 5.97 Å². The Balaban J connectivity index is 1.68. The highest BCUT2D eigenvalue weighted by Gasteiger charge is 2.21. The van der Waals surface area contributed by atoms with Crippen molar-refractivity contribution < 1.29 is 28.6 Å². The summed E-state index contributed by atoms with van der Waals surface area (Å²) in [4.78, 5) is 36.0. The van der Waals surface area contributed by atoms with Crippen LogP contribution < -0.4 is 14.8 Å². The highest BCUT2D eigenvalue weighted by Crippen LogP contribution is 2.37. The van der Waals surface area contributed by atoms with Crippen LogP contribution >= 0.6 is 0 Å². The lowest BCUT2D eigenvalue weighted by atomic mass is 10.1. The number of ether oxygens (including phenoxy) is 3. The molecule has 2 aromatic rings. The standard InChI is InChI=1S/C19H17NO6/c1-11-5-3-4-6-13(11)19(23)24-9-18(22)20-15-8-17-16(25-10-26-17)7-14(15)12(2)21/h3-8H,9-10H2,1-2H3,(H,20,22). The van der Waals surface area contributed by atoms with Crippen molar-refractivity contribution in [2.45, 2.75) is 13.8 Å². The van der Waals surface area contributed by atoms with Crippen LogP contribution in [0.3, 0.4) is 0 Å². The molecule has 0 aromatic heterocycles. The van der Waals surface area contributed by atoms with Gasteiger partial charge in [-0.3, -0.25) is 9.59 Å². The van der Waals surface area contributed by atoms with Crippen LogP contribution in [0.1, 0.15) is 33.2 Å². The highest BCUT2D eigenvalue weighted by atomic mass is 16.7. The molecule has 2 aromatic carbocycles. The van der Waals surface area contributed by atoms with E-state index >= 15 is 0 Å². The maximum atomic E-state index is 12.1. The van der Waals surface area contributed by atoms with Crippen LogP contribution in [0.15, 0.2) is 36.4 Å². The average Bonchev–Trinajstić information content (AvgIpc) is 3.06. The summed E-state index contributed by atoms with van der Waals surface area (Å²) in [6.07, 6.45) is 0. The number of hydrogen-bond acceptors (Lipinski definition) is 6. The van der Waals surface area contributed by atoms with Gasteiger partial charge in [0.05, 0.1) is 11.3 Å². The number of ketones is 1. The quantitative estimate of drug-likeness (QED) is 0.655. The van der Waals surface area contributed by atoms with Gasteiger partial charge in [0.15, 0.2) is 23.9 Å². The molecule has 1 N–H and O–H groups in total. The molecule has 0 saturated heterocycles. The number of carbonyl (C=O) groups excluding carboxylic acids is 3. The Kier molecular flexibility index (Phi) is 4.88. The predicted octanol–water partition coefficient (Wildman–Crippen LogP) is 2.72. The molecule has 0 spiro atoms. The van der Waals surface area contributed by atoms with Crippen LogP contribution in [0.2, 0.25) is 0 Å².